The van der Waals surface area contributed by atoms with Crippen LogP contribution in [0.5, 0.6) is 5.88 Å². The number of hydrogen-bond acceptors (Lipinski definition) is 3. The van der Waals surface area contributed by atoms with Gasteiger partial charge in [0.05, 0.1) is 19.0 Å². The molecule has 104 valence electrons. The number of pyridine rings is 1. The quantitative estimate of drug-likeness (QED) is 0.912. The van der Waals surface area contributed by atoms with Crippen LogP contribution in [-0.4, -0.2) is 18.0 Å². The maximum Gasteiger partial charge on any atom is 0.224 e. The van der Waals surface area contributed by atoms with Gasteiger partial charge in [-0.3, -0.25) is 4.79 Å². The van der Waals surface area contributed by atoms with Gasteiger partial charge >= 0.3 is 0 Å². The van der Waals surface area contributed by atoms with E-state index in [9.17, 15) is 9.18 Å². The van der Waals surface area contributed by atoms with Gasteiger partial charge in [0, 0.05) is 12.5 Å². The topological polar surface area (TPSA) is 51.2 Å². The van der Waals surface area contributed by atoms with Crippen molar-refractivity contribution in [3.8, 4) is 5.88 Å². The lowest BCUT2D eigenvalue weighted by Gasteiger charge is -2.06. The number of nitrogens with zero attached hydrogens (tertiary/aromatic N) is 1. The van der Waals surface area contributed by atoms with Crippen molar-refractivity contribution in [3.63, 3.8) is 0 Å². The summed E-state index contributed by atoms with van der Waals surface area (Å²) < 4.78 is 17.9. The number of amides is 1. The Morgan fingerprint density at radius 3 is 2.85 bits per heavy atom. The Morgan fingerprint density at radius 2 is 2.20 bits per heavy atom. The molecule has 0 atom stereocenters. The number of ether oxygens (including phenoxy) is 1. The third-order valence-corrected chi connectivity index (χ3v) is 2.76. The number of carbonyl (C=O) groups excluding carboxylic acids is 1. The molecule has 20 heavy (non-hydrogen) atoms. The van der Waals surface area contributed by atoms with Gasteiger partial charge in [-0.15, -0.1) is 0 Å². The van der Waals surface area contributed by atoms with Gasteiger partial charge in [-0.05, 0) is 30.2 Å². The molecule has 0 aliphatic carbocycles. The number of hydrogen-bond donors (Lipinski definition) is 1. The second-order valence-corrected chi connectivity index (χ2v) is 4.27. The summed E-state index contributed by atoms with van der Waals surface area (Å²) in [5.74, 6) is 0.0613. The Bertz CT molecular complexity index is 585. The van der Waals surface area contributed by atoms with Gasteiger partial charge in [0.2, 0.25) is 11.8 Å². The maximum absolute atomic E-state index is 13.0. The van der Waals surface area contributed by atoms with Crippen LogP contribution in [-0.2, 0) is 11.2 Å². The molecule has 0 fully saturated rings. The molecule has 0 unspecified atom stereocenters. The molecule has 0 bridgehead atoms. The van der Waals surface area contributed by atoms with Crippen molar-refractivity contribution in [2.75, 3.05) is 12.4 Å². The van der Waals surface area contributed by atoms with Crippen LogP contribution < -0.4 is 10.1 Å². The lowest BCUT2D eigenvalue weighted by Crippen LogP contribution is -2.12. The minimum atomic E-state index is -0.290. The molecule has 1 aromatic carbocycles. The SMILES string of the molecule is COc1ccc(NC(=O)CCc2cccc(F)c2)cn1. The van der Waals surface area contributed by atoms with Crippen LogP contribution in [0, 0.1) is 5.82 Å². The molecule has 2 rings (SSSR count). The fourth-order valence-electron chi connectivity index (χ4n) is 1.75. The smallest absolute Gasteiger partial charge is 0.224 e. The number of aromatic nitrogens is 1. The summed E-state index contributed by atoms with van der Waals surface area (Å²) in [5, 5.41) is 2.73. The number of halogens is 1. The summed E-state index contributed by atoms with van der Waals surface area (Å²) in [6.07, 6.45) is 2.31. The first kappa shape index (κ1) is 14.0. The fraction of sp³-hybridized carbons (Fsp3) is 0.200. The lowest BCUT2D eigenvalue weighted by molar-refractivity contribution is -0.116. The Balaban J connectivity index is 1.85. The Kier molecular flexibility index (Phi) is 4.65. The highest BCUT2D eigenvalue weighted by Gasteiger charge is 2.04. The molecule has 1 N–H and O–H groups in total. The Labute approximate surface area is 116 Å². The van der Waals surface area contributed by atoms with Gasteiger partial charge in [0.15, 0.2) is 0 Å². The molecule has 0 radical (unpaired) electrons. The highest BCUT2D eigenvalue weighted by Crippen LogP contribution is 2.12. The number of anilines is 1. The van der Waals surface area contributed by atoms with Crippen LogP contribution in [0.2, 0.25) is 0 Å². The van der Waals surface area contributed by atoms with Crippen molar-refractivity contribution in [1.82, 2.24) is 4.98 Å². The van der Waals surface area contributed by atoms with E-state index in [-0.39, 0.29) is 18.1 Å². The first-order valence-electron chi connectivity index (χ1n) is 6.22. The molecule has 0 saturated heterocycles. The van der Waals surface area contributed by atoms with Crippen LogP contribution in [0.4, 0.5) is 10.1 Å². The van der Waals surface area contributed by atoms with Gasteiger partial charge in [0.25, 0.3) is 0 Å². The molecular weight excluding hydrogens is 259 g/mol. The molecular formula is C15H15FN2O2. The van der Waals surface area contributed by atoms with Crippen molar-refractivity contribution in [2.45, 2.75) is 12.8 Å². The summed E-state index contributed by atoms with van der Waals surface area (Å²) in [6.45, 7) is 0. The number of carbonyl (C=O) groups is 1. The van der Waals surface area contributed by atoms with E-state index >= 15 is 0 Å². The molecule has 0 aliphatic rings. The zero-order chi connectivity index (χ0) is 14.4. The van der Waals surface area contributed by atoms with E-state index in [1.54, 1.807) is 24.3 Å². The van der Waals surface area contributed by atoms with E-state index in [0.29, 0.717) is 18.0 Å². The van der Waals surface area contributed by atoms with E-state index in [1.807, 2.05) is 0 Å². The van der Waals surface area contributed by atoms with Crippen molar-refractivity contribution in [1.29, 1.82) is 0 Å². The van der Waals surface area contributed by atoms with E-state index < -0.39 is 0 Å². The number of rotatable bonds is 5. The number of aryl methyl sites for hydroxylation is 1. The predicted molar refractivity (Wildman–Crippen MR) is 74.1 cm³/mol. The molecule has 0 saturated carbocycles. The molecule has 0 spiro atoms. The summed E-state index contributed by atoms with van der Waals surface area (Å²) in [4.78, 5) is 15.8. The third kappa shape index (κ3) is 4.05. The number of nitrogens with one attached hydrogen (secondary N) is 1. The van der Waals surface area contributed by atoms with Gasteiger partial charge in [-0.1, -0.05) is 12.1 Å². The zero-order valence-corrected chi connectivity index (χ0v) is 11.1. The van der Waals surface area contributed by atoms with Crippen molar-refractivity contribution in [3.05, 3.63) is 54.0 Å². The van der Waals surface area contributed by atoms with Crippen molar-refractivity contribution >= 4 is 11.6 Å². The molecule has 1 aromatic heterocycles. The van der Waals surface area contributed by atoms with E-state index in [4.69, 9.17) is 4.74 Å². The second-order valence-electron chi connectivity index (χ2n) is 4.27. The van der Waals surface area contributed by atoms with Gasteiger partial charge in [-0.2, -0.15) is 0 Å². The second kappa shape index (κ2) is 6.65. The average molecular weight is 274 g/mol. The van der Waals surface area contributed by atoms with Gasteiger partial charge in [-0.25, -0.2) is 9.37 Å². The zero-order valence-electron chi connectivity index (χ0n) is 11.1. The van der Waals surface area contributed by atoms with Crippen molar-refractivity contribution < 1.29 is 13.9 Å². The standard InChI is InChI=1S/C15H15FN2O2/c1-20-15-8-6-13(10-17-15)18-14(19)7-5-11-3-2-4-12(16)9-11/h2-4,6,8-10H,5,7H2,1H3,(H,18,19). The molecule has 1 amide bonds. The van der Waals surface area contributed by atoms with Crippen LogP contribution in [0.3, 0.4) is 0 Å². The molecule has 5 heteroatoms. The lowest BCUT2D eigenvalue weighted by atomic mass is 10.1. The first-order valence-corrected chi connectivity index (χ1v) is 6.22. The largest absolute Gasteiger partial charge is 0.481 e. The van der Waals surface area contributed by atoms with Crippen LogP contribution in [0.15, 0.2) is 42.6 Å². The highest BCUT2D eigenvalue weighted by molar-refractivity contribution is 5.90. The molecule has 2 aromatic rings. The highest BCUT2D eigenvalue weighted by atomic mass is 19.1. The van der Waals surface area contributed by atoms with Crippen LogP contribution >= 0.6 is 0 Å². The van der Waals surface area contributed by atoms with E-state index in [2.05, 4.69) is 10.3 Å². The normalized spacial score (nSPS) is 10.1. The third-order valence-electron chi connectivity index (χ3n) is 2.76. The van der Waals surface area contributed by atoms with E-state index in [1.165, 1.54) is 25.4 Å². The molecule has 0 aliphatic heterocycles. The summed E-state index contributed by atoms with van der Waals surface area (Å²) in [6, 6.07) is 9.63. The first-order chi connectivity index (χ1) is 9.67. The Hall–Kier alpha value is -2.43. The number of benzene rings is 1. The summed E-state index contributed by atoms with van der Waals surface area (Å²) in [7, 11) is 1.53. The van der Waals surface area contributed by atoms with Gasteiger partial charge in [0.1, 0.15) is 5.82 Å². The number of methoxy groups -OCH3 is 1. The Morgan fingerprint density at radius 1 is 1.35 bits per heavy atom. The minimum Gasteiger partial charge on any atom is -0.481 e. The van der Waals surface area contributed by atoms with Crippen LogP contribution in [0.25, 0.3) is 0 Å². The predicted octanol–water partition coefficient (Wildman–Crippen LogP) is 2.80. The molecule has 1 heterocycles. The average Bonchev–Trinajstić information content (AvgIpc) is 2.46. The summed E-state index contributed by atoms with van der Waals surface area (Å²) in [5.41, 5.74) is 1.41. The summed E-state index contributed by atoms with van der Waals surface area (Å²) >= 11 is 0. The van der Waals surface area contributed by atoms with E-state index in [0.717, 1.165) is 5.56 Å². The van der Waals surface area contributed by atoms with Gasteiger partial charge < -0.3 is 10.1 Å². The minimum absolute atomic E-state index is 0.138. The fourth-order valence-corrected chi connectivity index (χ4v) is 1.75. The van der Waals surface area contributed by atoms with Crippen molar-refractivity contribution in [2.24, 2.45) is 0 Å². The molecule has 4 nitrogen and oxygen atoms in total. The van der Waals surface area contributed by atoms with Crippen LogP contribution in [0.1, 0.15) is 12.0 Å². The monoisotopic (exact) mass is 274 g/mol. The maximum atomic E-state index is 13.0.